The Hall–Kier alpha value is -2.04. The van der Waals surface area contributed by atoms with Gasteiger partial charge in [-0.15, -0.1) is 0 Å². The first-order valence-corrected chi connectivity index (χ1v) is 7.63. The lowest BCUT2D eigenvalue weighted by Gasteiger charge is -2.23. The number of rotatable bonds is 3. The molecule has 2 N–H and O–H groups in total. The van der Waals surface area contributed by atoms with Crippen molar-refractivity contribution in [1.29, 1.82) is 5.41 Å². The van der Waals surface area contributed by atoms with Gasteiger partial charge in [-0.1, -0.05) is 12.1 Å². The molecule has 0 aromatic heterocycles. The summed E-state index contributed by atoms with van der Waals surface area (Å²) in [5, 5.41) is 10.8. The van der Waals surface area contributed by atoms with E-state index in [0.717, 1.165) is 25.1 Å². The predicted octanol–water partition coefficient (Wildman–Crippen LogP) is 2.13. The molecule has 21 heavy (non-hydrogen) atoms. The Labute approximate surface area is 124 Å². The van der Waals surface area contributed by atoms with Gasteiger partial charge in [-0.05, 0) is 42.4 Å². The molecule has 1 unspecified atom stereocenters. The van der Waals surface area contributed by atoms with E-state index < -0.39 is 0 Å². The van der Waals surface area contributed by atoms with E-state index in [1.165, 1.54) is 24.1 Å². The molecule has 2 amide bonds. The number of anilines is 1. The predicted molar refractivity (Wildman–Crippen MR) is 81.8 cm³/mol. The number of carbonyl (C=O) groups is 1. The Morgan fingerprint density at radius 3 is 2.95 bits per heavy atom. The fourth-order valence-corrected chi connectivity index (χ4v) is 3.40. The van der Waals surface area contributed by atoms with E-state index in [1.54, 1.807) is 0 Å². The molecule has 0 spiro atoms. The SMILES string of the molecule is CN1CCc2cc(C3C(=N)NC(=O)N3CC3CC3)ccc21. The number of nitrogens with zero attached hydrogens (tertiary/aromatic N) is 2. The second-order valence-electron chi connectivity index (χ2n) is 6.40. The molecular formula is C16H20N4O. The molecule has 4 rings (SSSR count). The number of hydrogen-bond acceptors (Lipinski definition) is 3. The Morgan fingerprint density at radius 1 is 1.38 bits per heavy atom. The Morgan fingerprint density at radius 2 is 2.19 bits per heavy atom. The van der Waals surface area contributed by atoms with Gasteiger partial charge in [0.05, 0.1) is 0 Å². The third kappa shape index (κ3) is 2.07. The topological polar surface area (TPSA) is 59.4 Å². The molecule has 1 aromatic carbocycles. The van der Waals surface area contributed by atoms with Crippen LogP contribution in [0.2, 0.25) is 0 Å². The van der Waals surface area contributed by atoms with Crippen LogP contribution in [-0.2, 0) is 6.42 Å². The summed E-state index contributed by atoms with van der Waals surface area (Å²) in [4.78, 5) is 16.2. The molecular weight excluding hydrogens is 264 g/mol. The third-order valence-corrected chi connectivity index (χ3v) is 4.79. The van der Waals surface area contributed by atoms with Crippen molar-refractivity contribution in [3.63, 3.8) is 0 Å². The Bertz CT molecular complexity index is 623. The summed E-state index contributed by atoms with van der Waals surface area (Å²) < 4.78 is 0. The van der Waals surface area contributed by atoms with Crippen molar-refractivity contribution in [2.75, 3.05) is 25.0 Å². The largest absolute Gasteiger partial charge is 0.374 e. The summed E-state index contributed by atoms with van der Waals surface area (Å²) in [5.41, 5.74) is 3.66. The van der Waals surface area contributed by atoms with Crippen molar-refractivity contribution in [1.82, 2.24) is 10.2 Å². The van der Waals surface area contributed by atoms with Crippen LogP contribution in [-0.4, -0.2) is 36.9 Å². The molecule has 1 aromatic rings. The van der Waals surface area contributed by atoms with E-state index in [1.807, 2.05) is 4.90 Å². The second kappa shape index (κ2) is 4.48. The zero-order valence-electron chi connectivity index (χ0n) is 12.2. The molecule has 1 saturated heterocycles. The number of benzene rings is 1. The summed E-state index contributed by atoms with van der Waals surface area (Å²) >= 11 is 0. The van der Waals surface area contributed by atoms with Crippen molar-refractivity contribution < 1.29 is 4.79 Å². The van der Waals surface area contributed by atoms with E-state index in [0.29, 0.717) is 11.8 Å². The minimum atomic E-state index is -0.227. The molecule has 1 saturated carbocycles. The van der Waals surface area contributed by atoms with Gasteiger partial charge in [0, 0.05) is 25.8 Å². The van der Waals surface area contributed by atoms with Crippen LogP contribution in [0.25, 0.3) is 0 Å². The molecule has 1 atom stereocenters. The molecule has 2 aliphatic heterocycles. The normalized spacial score (nSPS) is 24.5. The highest BCUT2D eigenvalue weighted by atomic mass is 16.2. The standard InChI is InChI=1S/C16H20N4O/c1-19-7-6-11-8-12(4-5-13(11)19)14-15(17)18-16(21)20(14)9-10-2-3-10/h4-5,8,10,14H,2-3,6-7,9H2,1H3,(H2,17,18,21). The summed E-state index contributed by atoms with van der Waals surface area (Å²) in [6.07, 6.45) is 3.46. The number of hydrogen-bond donors (Lipinski definition) is 2. The van der Waals surface area contributed by atoms with E-state index >= 15 is 0 Å². The van der Waals surface area contributed by atoms with Crippen molar-refractivity contribution >= 4 is 17.6 Å². The highest BCUT2D eigenvalue weighted by Crippen LogP contribution is 2.36. The lowest BCUT2D eigenvalue weighted by atomic mass is 10.0. The number of fused-ring (bicyclic) bond motifs is 1. The van der Waals surface area contributed by atoms with Gasteiger partial charge in [-0.3, -0.25) is 10.7 Å². The number of amides is 2. The van der Waals surface area contributed by atoms with E-state index in [2.05, 4.69) is 35.5 Å². The van der Waals surface area contributed by atoms with Crippen molar-refractivity contribution in [3.05, 3.63) is 29.3 Å². The molecule has 2 fully saturated rings. The number of urea groups is 1. The molecule has 110 valence electrons. The van der Waals surface area contributed by atoms with Gasteiger partial charge in [-0.25, -0.2) is 4.79 Å². The van der Waals surface area contributed by atoms with Crippen LogP contribution >= 0.6 is 0 Å². The summed E-state index contributed by atoms with van der Waals surface area (Å²) in [6.45, 7) is 1.82. The maximum atomic E-state index is 12.1. The number of carbonyl (C=O) groups excluding carboxylic acids is 1. The van der Waals surface area contributed by atoms with Crippen molar-refractivity contribution in [2.45, 2.75) is 25.3 Å². The molecule has 3 aliphatic rings. The summed E-state index contributed by atoms with van der Waals surface area (Å²) in [6, 6.07) is 6.03. The first-order chi connectivity index (χ1) is 10.1. The molecule has 0 radical (unpaired) electrons. The Kier molecular flexibility index (Phi) is 2.71. The van der Waals surface area contributed by atoms with Crippen LogP contribution < -0.4 is 10.2 Å². The Balaban J connectivity index is 1.67. The third-order valence-electron chi connectivity index (χ3n) is 4.79. The van der Waals surface area contributed by atoms with E-state index in [4.69, 9.17) is 5.41 Å². The summed E-state index contributed by atoms with van der Waals surface area (Å²) in [5.74, 6) is 0.941. The van der Waals surface area contributed by atoms with Crippen LogP contribution in [0.4, 0.5) is 10.5 Å². The van der Waals surface area contributed by atoms with E-state index in [9.17, 15) is 4.79 Å². The highest BCUT2D eigenvalue weighted by molar-refractivity contribution is 6.06. The maximum Gasteiger partial charge on any atom is 0.323 e. The van der Waals surface area contributed by atoms with Crippen molar-refractivity contribution in [3.8, 4) is 0 Å². The molecule has 2 heterocycles. The number of nitrogens with one attached hydrogen (secondary N) is 2. The van der Waals surface area contributed by atoms with Gasteiger partial charge in [-0.2, -0.15) is 0 Å². The second-order valence-corrected chi connectivity index (χ2v) is 6.40. The highest BCUT2D eigenvalue weighted by Gasteiger charge is 2.40. The van der Waals surface area contributed by atoms with Gasteiger partial charge in [0.15, 0.2) is 0 Å². The zero-order chi connectivity index (χ0) is 14.6. The zero-order valence-corrected chi connectivity index (χ0v) is 12.2. The molecule has 0 bridgehead atoms. The van der Waals surface area contributed by atoms with Gasteiger partial charge in [0.2, 0.25) is 0 Å². The molecule has 1 aliphatic carbocycles. The quantitative estimate of drug-likeness (QED) is 0.893. The van der Waals surface area contributed by atoms with Crippen LogP contribution in [0.3, 0.4) is 0 Å². The average Bonchev–Trinajstić information content (AvgIpc) is 3.14. The lowest BCUT2D eigenvalue weighted by Crippen LogP contribution is -2.31. The smallest absolute Gasteiger partial charge is 0.323 e. The number of amidine groups is 1. The fourth-order valence-electron chi connectivity index (χ4n) is 3.40. The van der Waals surface area contributed by atoms with Gasteiger partial charge in [0.25, 0.3) is 0 Å². The molecule has 5 heteroatoms. The summed E-state index contributed by atoms with van der Waals surface area (Å²) in [7, 11) is 2.10. The first-order valence-electron chi connectivity index (χ1n) is 7.63. The van der Waals surface area contributed by atoms with E-state index in [-0.39, 0.29) is 12.1 Å². The van der Waals surface area contributed by atoms with Crippen LogP contribution in [0.1, 0.15) is 30.0 Å². The minimum Gasteiger partial charge on any atom is -0.374 e. The van der Waals surface area contributed by atoms with Gasteiger partial charge in [0.1, 0.15) is 11.9 Å². The molecule has 5 nitrogen and oxygen atoms in total. The van der Waals surface area contributed by atoms with Crippen LogP contribution in [0, 0.1) is 11.3 Å². The maximum absolute atomic E-state index is 12.1. The average molecular weight is 284 g/mol. The number of likely N-dealkylation sites (N-methyl/N-ethyl adjacent to an activating group) is 1. The monoisotopic (exact) mass is 284 g/mol. The first kappa shape index (κ1) is 12.7. The van der Waals surface area contributed by atoms with Crippen molar-refractivity contribution in [2.24, 2.45) is 5.92 Å². The van der Waals surface area contributed by atoms with Crippen LogP contribution in [0.15, 0.2) is 18.2 Å². The van der Waals surface area contributed by atoms with Crippen LogP contribution in [0.5, 0.6) is 0 Å². The fraction of sp³-hybridized carbons (Fsp3) is 0.500. The minimum absolute atomic E-state index is 0.116. The van der Waals surface area contributed by atoms with Gasteiger partial charge >= 0.3 is 6.03 Å². The lowest BCUT2D eigenvalue weighted by molar-refractivity contribution is 0.203. The van der Waals surface area contributed by atoms with Gasteiger partial charge < -0.3 is 9.80 Å².